The molecule has 4 rings (SSSR count). The molecular weight excluding hydrogens is 380 g/mol. The molecule has 0 fully saturated rings. The van der Waals surface area contributed by atoms with Crippen LogP contribution in [-0.4, -0.2) is 15.3 Å². The molecule has 3 aromatic carbocycles. The summed E-state index contributed by atoms with van der Waals surface area (Å²) in [4.78, 5) is 17.8. The van der Waals surface area contributed by atoms with Crippen LogP contribution in [0.3, 0.4) is 0 Å². The predicted molar refractivity (Wildman–Crippen MR) is 120 cm³/mol. The maximum Gasteiger partial charge on any atom is 0.182 e. The largest absolute Gasteiger partial charge is 0.316 e. The lowest BCUT2D eigenvalue weighted by atomic mass is 9.87. The average molecular weight is 403 g/mol. The summed E-state index contributed by atoms with van der Waals surface area (Å²) < 4.78 is 2.00. The van der Waals surface area contributed by atoms with Crippen molar-refractivity contribution in [3.05, 3.63) is 88.9 Å². The first-order valence-electron chi connectivity index (χ1n) is 9.68. The molecule has 29 heavy (non-hydrogen) atoms. The Hall–Kier alpha value is -2.91. The first kappa shape index (κ1) is 19.4. The number of para-hydroxylation sites is 2. The van der Waals surface area contributed by atoms with E-state index in [1.165, 1.54) is 5.56 Å². The van der Waals surface area contributed by atoms with E-state index < -0.39 is 0 Å². The summed E-state index contributed by atoms with van der Waals surface area (Å²) in [6, 6.07) is 23.4. The molecule has 0 radical (unpaired) electrons. The van der Waals surface area contributed by atoms with Gasteiger partial charge in [-0.15, -0.1) is 0 Å². The highest BCUT2D eigenvalue weighted by atomic mass is 35.5. The number of Topliss-reactive ketones (excluding diaryl/α,β-unsaturated/α-hetero) is 1. The molecule has 146 valence electrons. The molecule has 0 amide bonds. The number of nitrogens with zero attached hydrogens (tertiary/aromatic N) is 2. The average Bonchev–Trinajstić information content (AvgIpc) is 3.06. The van der Waals surface area contributed by atoms with E-state index in [9.17, 15) is 4.79 Å². The molecule has 1 heterocycles. The van der Waals surface area contributed by atoms with Crippen molar-refractivity contribution >= 4 is 28.4 Å². The van der Waals surface area contributed by atoms with Gasteiger partial charge in [0.15, 0.2) is 5.78 Å². The van der Waals surface area contributed by atoms with Crippen LogP contribution in [0.25, 0.3) is 22.4 Å². The van der Waals surface area contributed by atoms with Gasteiger partial charge in [0.2, 0.25) is 0 Å². The summed E-state index contributed by atoms with van der Waals surface area (Å²) in [6.07, 6.45) is 0. The molecular formula is C25H23ClN2O. The Labute approximate surface area is 176 Å². The van der Waals surface area contributed by atoms with Gasteiger partial charge in [0.25, 0.3) is 0 Å². The number of rotatable bonds is 4. The Balaban J connectivity index is 1.77. The molecule has 0 aliphatic carbocycles. The van der Waals surface area contributed by atoms with Crippen LogP contribution in [-0.2, 0) is 12.0 Å². The fourth-order valence-electron chi connectivity index (χ4n) is 3.45. The lowest BCUT2D eigenvalue weighted by Crippen LogP contribution is -2.12. The molecule has 3 nitrogen and oxygen atoms in total. The SMILES string of the molecule is CC(C)(C)c1ccc(-c2nc3ccccc3n2CC(=O)c2ccc(Cl)cc2)cc1. The Morgan fingerprint density at radius 2 is 1.59 bits per heavy atom. The Morgan fingerprint density at radius 3 is 2.24 bits per heavy atom. The normalized spacial score (nSPS) is 11.7. The standard InChI is InChI=1S/C25H23ClN2O/c1-25(2,3)19-12-8-18(9-13-19)24-27-21-6-4-5-7-22(21)28(24)16-23(29)17-10-14-20(26)15-11-17/h4-15H,16H2,1-3H3. The van der Waals surface area contributed by atoms with Crippen molar-refractivity contribution in [2.75, 3.05) is 0 Å². The van der Waals surface area contributed by atoms with Crippen molar-refractivity contribution in [2.45, 2.75) is 32.7 Å². The Kier molecular flexibility index (Phi) is 5.01. The van der Waals surface area contributed by atoms with Crippen molar-refractivity contribution in [2.24, 2.45) is 0 Å². The molecule has 0 N–H and O–H groups in total. The Bertz CT molecular complexity index is 1170. The second kappa shape index (κ2) is 7.49. The van der Waals surface area contributed by atoms with Gasteiger partial charge in [-0.3, -0.25) is 4.79 Å². The predicted octanol–water partition coefficient (Wildman–Crippen LogP) is 6.54. The minimum Gasteiger partial charge on any atom is -0.316 e. The molecule has 0 atom stereocenters. The molecule has 0 spiro atoms. The first-order valence-corrected chi connectivity index (χ1v) is 10.1. The van der Waals surface area contributed by atoms with Gasteiger partial charge in [-0.25, -0.2) is 4.98 Å². The van der Waals surface area contributed by atoms with E-state index in [2.05, 4.69) is 45.0 Å². The zero-order valence-electron chi connectivity index (χ0n) is 16.8. The summed E-state index contributed by atoms with van der Waals surface area (Å²) in [5.41, 5.74) is 4.82. The van der Waals surface area contributed by atoms with E-state index >= 15 is 0 Å². The molecule has 0 unspecified atom stereocenters. The first-order chi connectivity index (χ1) is 13.8. The van der Waals surface area contributed by atoms with Crippen molar-refractivity contribution in [1.82, 2.24) is 9.55 Å². The maximum atomic E-state index is 12.9. The highest BCUT2D eigenvalue weighted by molar-refractivity contribution is 6.30. The number of carbonyl (C=O) groups excluding carboxylic acids is 1. The lowest BCUT2D eigenvalue weighted by molar-refractivity contribution is 0.0974. The van der Waals surface area contributed by atoms with Gasteiger partial charge < -0.3 is 4.57 Å². The van der Waals surface area contributed by atoms with Gasteiger partial charge in [0.05, 0.1) is 17.6 Å². The van der Waals surface area contributed by atoms with Crippen molar-refractivity contribution in [3.63, 3.8) is 0 Å². The van der Waals surface area contributed by atoms with E-state index in [0.717, 1.165) is 22.4 Å². The number of fused-ring (bicyclic) bond motifs is 1. The Morgan fingerprint density at radius 1 is 0.931 bits per heavy atom. The smallest absolute Gasteiger partial charge is 0.182 e. The third kappa shape index (κ3) is 3.96. The van der Waals surface area contributed by atoms with Gasteiger partial charge in [0, 0.05) is 16.1 Å². The number of imidazole rings is 1. The van der Waals surface area contributed by atoms with Crippen LogP contribution >= 0.6 is 11.6 Å². The lowest BCUT2D eigenvalue weighted by Gasteiger charge is -2.19. The molecule has 0 saturated carbocycles. The third-order valence-electron chi connectivity index (χ3n) is 5.13. The number of ketones is 1. The van der Waals surface area contributed by atoms with Crippen molar-refractivity contribution < 1.29 is 4.79 Å². The van der Waals surface area contributed by atoms with Crippen LogP contribution < -0.4 is 0 Å². The summed E-state index contributed by atoms with van der Waals surface area (Å²) in [5, 5.41) is 0.620. The maximum absolute atomic E-state index is 12.9. The van der Waals surface area contributed by atoms with E-state index in [1.54, 1.807) is 24.3 Å². The fourth-order valence-corrected chi connectivity index (χ4v) is 3.57. The van der Waals surface area contributed by atoms with Crippen molar-refractivity contribution in [3.8, 4) is 11.4 Å². The number of aromatic nitrogens is 2. The second-order valence-corrected chi connectivity index (χ2v) is 8.70. The van der Waals surface area contributed by atoms with Gasteiger partial charge in [-0.1, -0.05) is 68.8 Å². The van der Waals surface area contributed by atoms with Gasteiger partial charge in [-0.05, 0) is 47.4 Å². The number of hydrogen-bond donors (Lipinski definition) is 0. The van der Waals surface area contributed by atoms with Crippen LogP contribution in [0, 0.1) is 0 Å². The number of halogens is 1. The molecule has 0 saturated heterocycles. The molecule has 4 heteroatoms. The fraction of sp³-hybridized carbons (Fsp3) is 0.200. The molecule has 4 aromatic rings. The molecule has 0 bridgehead atoms. The van der Waals surface area contributed by atoms with Crippen LogP contribution in [0.4, 0.5) is 0 Å². The highest BCUT2D eigenvalue weighted by Crippen LogP contribution is 2.28. The van der Waals surface area contributed by atoms with E-state index in [4.69, 9.17) is 16.6 Å². The zero-order chi connectivity index (χ0) is 20.6. The summed E-state index contributed by atoms with van der Waals surface area (Å²) in [5.74, 6) is 0.825. The highest BCUT2D eigenvalue weighted by Gasteiger charge is 2.18. The number of carbonyl (C=O) groups is 1. The van der Waals surface area contributed by atoms with Crippen LogP contribution in [0.5, 0.6) is 0 Å². The van der Waals surface area contributed by atoms with Crippen molar-refractivity contribution in [1.29, 1.82) is 0 Å². The number of benzene rings is 3. The zero-order valence-corrected chi connectivity index (χ0v) is 17.6. The second-order valence-electron chi connectivity index (χ2n) is 8.27. The van der Waals surface area contributed by atoms with Gasteiger partial charge in [-0.2, -0.15) is 0 Å². The van der Waals surface area contributed by atoms with Gasteiger partial charge >= 0.3 is 0 Å². The summed E-state index contributed by atoms with van der Waals surface area (Å²) in [6.45, 7) is 6.81. The van der Waals surface area contributed by atoms with Crippen LogP contribution in [0.2, 0.25) is 5.02 Å². The minimum atomic E-state index is 0.0254. The summed E-state index contributed by atoms with van der Waals surface area (Å²) in [7, 11) is 0. The monoisotopic (exact) mass is 402 g/mol. The quantitative estimate of drug-likeness (QED) is 0.363. The molecule has 0 aliphatic heterocycles. The third-order valence-corrected chi connectivity index (χ3v) is 5.38. The van der Waals surface area contributed by atoms with Crippen LogP contribution in [0.1, 0.15) is 36.7 Å². The van der Waals surface area contributed by atoms with E-state index in [0.29, 0.717) is 10.6 Å². The topological polar surface area (TPSA) is 34.9 Å². The van der Waals surface area contributed by atoms with Crippen LogP contribution in [0.15, 0.2) is 72.8 Å². The summed E-state index contributed by atoms with van der Waals surface area (Å²) >= 11 is 5.96. The van der Waals surface area contributed by atoms with E-state index in [-0.39, 0.29) is 17.7 Å². The number of hydrogen-bond acceptors (Lipinski definition) is 2. The molecule has 1 aromatic heterocycles. The van der Waals surface area contributed by atoms with E-state index in [1.807, 2.05) is 28.8 Å². The molecule has 0 aliphatic rings. The minimum absolute atomic E-state index is 0.0254. The van der Waals surface area contributed by atoms with Gasteiger partial charge in [0.1, 0.15) is 5.82 Å².